The molecule has 15 heavy (non-hydrogen) atoms. The number of aryl methyl sites for hydroxylation is 1. The van der Waals surface area contributed by atoms with Crippen LogP contribution in [0.25, 0.3) is 11.3 Å². The molecule has 0 bridgehead atoms. The summed E-state index contributed by atoms with van der Waals surface area (Å²) >= 11 is 6.01. The zero-order valence-electron chi connectivity index (χ0n) is 8.14. The Bertz CT molecular complexity index is 534. The number of hydrogen-bond donors (Lipinski definition) is 0. The largest absolute Gasteiger partial charge is 0.347 e. The Morgan fingerprint density at radius 1 is 1.27 bits per heavy atom. The van der Waals surface area contributed by atoms with Crippen LogP contribution in [0.3, 0.4) is 0 Å². The van der Waals surface area contributed by atoms with E-state index in [0.717, 1.165) is 5.56 Å². The predicted octanol–water partition coefficient (Wildman–Crippen LogP) is 2.10. The van der Waals surface area contributed by atoms with Crippen molar-refractivity contribution < 1.29 is 0 Å². The van der Waals surface area contributed by atoms with E-state index in [0.29, 0.717) is 10.7 Å². The Labute approximate surface area is 92.0 Å². The van der Waals surface area contributed by atoms with E-state index in [1.54, 1.807) is 13.2 Å². The van der Waals surface area contributed by atoms with Crippen LogP contribution in [0.4, 0.5) is 0 Å². The molecule has 2 aromatic rings. The van der Waals surface area contributed by atoms with Crippen molar-refractivity contribution >= 4 is 11.6 Å². The topological polar surface area (TPSA) is 34.9 Å². The third-order valence-electron chi connectivity index (χ3n) is 2.09. The molecule has 0 saturated carbocycles. The van der Waals surface area contributed by atoms with E-state index in [9.17, 15) is 4.79 Å². The second kappa shape index (κ2) is 3.87. The van der Waals surface area contributed by atoms with Gasteiger partial charge in [0.05, 0.1) is 10.7 Å². The van der Waals surface area contributed by atoms with Crippen molar-refractivity contribution in [2.45, 2.75) is 0 Å². The van der Waals surface area contributed by atoms with E-state index in [2.05, 4.69) is 4.98 Å². The fraction of sp³-hybridized carbons (Fsp3) is 0.0909. The smallest absolute Gasteiger partial charge is 0.301 e. The van der Waals surface area contributed by atoms with E-state index in [4.69, 9.17) is 11.6 Å². The molecule has 1 aromatic heterocycles. The van der Waals surface area contributed by atoms with Crippen LogP contribution < -0.4 is 5.69 Å². The number of aromatic nitrogens is 2. The van der Waals surface area contributed by atoms with Crippen molar-refractivity contribution in [3.05, 3.63) is 52.0 Å². The summed E-state index contributed by atoms with van der Waals surface area (Å²) in [7, 11) is 1.62. The van der Waals surface area contributed by atoms with Gasteiger partial charge in [0.15, 0.2) is 0 Å². The summed E-state index contributed by atoms with van der Waals surface area (Å²) < 4.78 is 1.36. The highest BCUT2D eigenvalue weighted by molar-refractivity contribution is 6.32. The molecule has 0 amide bonds. The standard InChI is InChI=1S/C11H9ClN2O/c1-14-7-9(12)10(13-11(14)15)8-5-3-2-4-6-8/h2-7H,1H3. The molecule has 1 heterocycles. The normalized spacial score (nSPS) is 10.3. The van der Waals surface area contributed by atoms with Gasteiger partial charge in [-0.25, -0.2) is 4.79 Å². The first-order valence-electron chi connectivity index (χ1n) is 4.47. The molecular formula is C11H9ClN2O. The lowest BCUT2D eigenvalue weighted by atomic mass is 10.1. The quantitative estimate of drug-likeness (QED) is 0.738. The summed E-state index contributed by atoms with van der Waals surface area (Å²) in [6, 6.07) is 9.40. The number of hydrogen-bond acceptors (Lipinski definition) is 2. The molecule has 0 unspecified atom stereocenters. The van der Waals surface area contributed by atoms with Gasteiger partial charge in [0, 0.05) is 18.8 Å². The summed E-state index contributed by atoms with van der Waals surface area (Å²) in [5.74, 6) is 0. The average Bonchev–Trinajstić information content (AvgIpc) is 2.25. The molecule has 0 N–H and O–H groups in total. The molecule has 0 radical (unpaired) electrons. The first kappa shape index (κ1) is 9.93. The molecule has 2 rings (SSSR count). The number of rotatable bonds is 1. The summed E-state index contributed by atoms with van der Waals surface area (Å²) in [6.07, 6.45) is 1.57. The Hall–Kier alpha value is -1.61. The van der Waals surface area contributed by atoms with Crippen LogP contribution in [0.15, 0.2) is 41.3 Å². The molecule has 1 aromatic carbocycles. The van der Waals surface area contributed by atoms with Crippen LogP contribution in [-0.4, -0.2) is 9.55 Å². The fourth-order valence-electron chi connectivity index (χ4n) is 1.31. The second-order valence-electron chi connectivity index (χ2n) is 3.20. The molecule has 0 aliphatic carbocycles. The van der Waals surface area contributed by atoms with E-state index in [1.807, 2.05) is 30.3 Å². The van der Waals surface area contributed by atoms with Gasteiger partial charge in [-0.15, -0.1) is 0 Å². The van der Waals surface area contributed by atoms with Crippen molar-refractivity contribution in [3.8, 4) is 11.3 Å². The Balaban J connectivity index is 2.64. The van der Waals surface area contributed by atoms with Gasteiger partial charge in [-0.1, -0.05) is 41.9 Å². The monoisotopic (exact) mass is 220 g/mol. The number of benzene rings is 1. The van der Waals surface area contributed by atoms with Crippen molar-refractivity contribution in [3.63, 3.8) is 0 Å². The highest BCUT2D eigenvalue weighted by Crippen LogP contribution is 2.23. The number of halogens is 1. The molecule has 0 saturated heterocycles. The minimum atomic E-state index is -0.307. The van der Waals surface area contributed by atoms with E-state index >= 15 is 0 Å². The molecular weight excluding hydrogens is 212 g/mol. The summed E-state index contributed by atoms with van der Waals surface area (Å²) in [5, 5.41) is 0.475. The fourth-order valence-corrected chi connectivity index (χ4v) is 1.61. The van der Waals surface area contributed by atoms with Gasteiger partial charge in [-0.3, -0.25) is 0 Å². The minimum Gasteiger partial charge on any atom is -0.301 e. The van der Waals surface area contributed by atoms with E-state index < -0.39 is 0 Å². The van der Waals surface area contributed by atoms with Gasteiger partial charge in [0.2, 0.25) is 0 Å². The van der Waals surface area contributed by atoms with Crippen LogP contribution in [-0.2, 0) is 7.05 Å². The predicted molar refractivity (Wildman–Crippen MR) is 59.9 cm³/mol. The van der Waals surface area contributed by atoms with Crippen molar-refractivity contribution in [2.24, 2.45) is 7.05 Å². The van der Waals surface area contributed by atoms with Crippen molar-refractivity contribution in [2.75, 3.05) is 0 Å². The highest BCUT2D eigenvalue weighted by atomic mass is 35.5. The van der Waals surface area contributed by atoms with Crippen LogP contribution in [0, 0.1) is 0 Å². The lowest BCUT2D eigenvalue weighted by Gasteiger charge is -2.04. The van der Waals surface area contributed by atoms with Gasteiger partial charge < -0.3 is 4.57 Å². The molecule has 4 heteroatoms. The molecule has 0 fully saturated rings. The lowest BCUT2D eigenvalue weighted by Crippen LogP contribution is -2.19. The molecule has 0 atom stereocenters. The Morgan fingerprint density at radius 2 is 1.93 bits per heavy atom. The Morgan fingerprint density at radius 3 is 2.60 bits per heavy atom. The van der Waals surface area contributed by atoms with Gasteiger partial charge in [0.25, 0.3) is 0 Å². The van der Waals surface area contributed by atoms with E-state index in [1.165, 1.54) is 4.57 Å². The summed E-state index contributed by atoms with van der Waals surface area (Å²) in [6.45, 7) is 0. The Kier molecular flexibility index (Phi) is 2.56. The third-order valence-corrected chi connectivity index (χ3v) is 2.37. The summed E-state index contributed by atoms with van der Waals surface area (Å²) in [5.41, 5.74) is 1.07. The number of nitrogens with zero attached hydrogens (tertiary/aromatic N) is 2. The third kappa shape index (κ3) is 1.92. The van der Waals surface area contributed by atoms with Gasteiger partial charge in [-0.05, 0) is 0 Å². The molecule has 3 nitrogen and oxygen atoms in total. The van der Waals surface area contributed by atoms with Crippen LogP contribution in [0.1, 0.15) is 0 Å². The van der Waals surface area contributed by atoms with E-state index in [-0.39, 0.29) is 5.69 Å². The minimum absolute atomic E-state index is 0.307. The highest BCUT2D eigenvalue weighted by Gasteiger charge is 2.06. The maximum atomic E-state index is 11.4. The molecule has 0 aliphatic rings. The van der Waals surface area contributed by atoms with Crippen LogP contribution in [0.2, 0.25) is 5.02 Å². The SMILES string of the molecule is Cn1cc(Cl)c(-c2ccccc2)nc1=O. The first-order chi connectivity index (χ1) is 7.18. The van der Waals surface area contributed by atoms with Crippen LogP contribution >= 0.6 is 11.6 Å². The zero-order chi connectivity index (χ0) is 10.8. The summed E-state index contributed by atoms with van der Waals surface area (Å²) in [4.78, 5) is 15.3. The second-order valence-corrected chi connectivity index (χ2v) is 3.60. The van der Waals surface area contributed by atoms with Crippen molar-refractivity contribution in [1.82, 2.24) is 9.55 Å². The average molecular weight is 221 g/mol. The van der Waals surface area contributed by atoms with Crippen LogP contribution in [0.5, 0.6) is 0 Å². The maximum Gasteiger partial charge on any atom is 0.347 e. The molecule has 0 spiro atoms. The van der Waals surface area contributed by atoms with Gasteiger partial charge >= 0.3 is 5.69 Å². The lowest BCUT2D eigenvalue weighted by molar-refractivity contribution is 0.813. The zero-order valence-corrected chi connectivity index (χ0v) is 8.90. The molecule has 0 aliphatic heterocycles. The van der Waals surface area contributed by atoms with Gasteiger partial charge in [-0.2, -0.15) is 4.98 Å². The van der Waals surface area contributed by atoms with Crippen molar-refractivity contribution in [1.29, 1.82) is 0 Å². The maximum absolute atomic E-state index is 11.4. The van der Waals surface area contributed by atoms with Gasteiger partial charge in [0.1, 0.15) is 0 Å². The first-order valence-corrected chi connectivity index (χ1v) is 4.85. The molecule has 76 valence electrons.